The third-order valence-corrected chi connectivity index (χ3v) is 1.69. The van der Waals surface area contributed by atoms with Crippen molar-refractivity contribution in [3.8, 4) is 12.3 Å². The summed E-state index contributed by atoms with van der Waals surface area (Å²) >= 11 is 0. The Morgan fingerprint density at radius 2 is 1.92 bits per heavy atom. The first-order valence-electron chi connectivity index (χ1n) is 4.24. The highest BCUT2D eigenvalue weighted by Gasteiger charge is 1.97. The third kappa shape index (κ3) is 3.78. The minimum absolute atomic E-state index is 0.667. The summed E-state index contributed by atoms with van der Waals surface area (Å²) in [6, 6.07) is 10.1. The van der Waals surface area contributed by atoms with Crippen LogP contribution in [0.3, 0.4) is 0 Å². The van der Waals surface area contributed by atoms with Crippen molar-refractivity contribution in [2.75, 3.05) is 20.1 Å². The molecule has 0 bridgehead atoms. The number of nitrogens with zero attached hydrogens (tertiary/aromatic N) is 1. The molecule has 1 aromatic rings. The molecule has 0 saturated heterocycles. The molecule has 0 fully saturated rings. The van der Waals surface area contributed by atoms with Gasteiger partial charge in [0.25, 0.3) is 0 Å². The summed E-state index contributed by atoms with van der Waals surface area (Å²) in [5, 5.41) is 0. The van der Waals surface area contributed by atoms with E-state index in [2.05, 4.69) is 12.3 Å². The molecule has 2 radical (unpaired) electrons. The van der Waals surface area contributed by atoms with Crippen LogP contribution in [0.4, 0.5) is 0 Å². The molecule has 13 heavy (non-hydrogen) atoms. The molecule has 0 aliphatic rings. The first-order chi connectivity index (χ1) is 6.33. The van der Waals surface area contributed by atoms with E-state index < -0.39 is 0 Å². The largest absolute Gasteiger partial charge is 0.294 e. The Kier molecular flexibility index (Phi) is 4.08. The van der Waals surface area contributed by atoms with Gasteiger partial charge in [0.15, 0.2) is 0 Å². The zero-order valence-corrected chi connectivity index (χ0v) is 7.83. The molecule has 0 aromatic heterocycles. The van der Waals surface area contributed by atoms with Crippen LogP contribution in [0.2, 0.25) is 0 Å². The summed E-state index contributed by atoms with van der Waals surface area (Å²) < 4.78 is 0. The maximum Gasteiger partial charge on any atom is 0.0596 e. The first kappa shape index (κ1) is 9.83. The number of terminal acetylenes is 1. The molecule has 0 aliphatic carbocycles. The predicted molar refractivity (Wildman–Crippen MR) is 55.1 cm³/mol. The van der Waals surface area contributed by atoms with Gasteiger partial charge in [-0.1, -0.05) is 36.3 Å². The second kappa shape index (κ2) is 5.40. The standard InChI is InChI=1S/C12H13N/c1-3-10-13(2)11-9-12-7-5-4-6-8-12/h1,4-8H,10-11H2,2H3. The molecular weight excluding hydrogens is 158 g/mol. The predicted octanol–water partition coefficient (Wildman–Crippen LogP) is 1.68. The van der Waals surface area contributed by atoms with Crippen LogP contribution in [0.25, 0.3) is 0 Å². The average Bonchev–Trinajstić information content (AvgIpc) is 2.17. The van der Waals surface area contributed by atoms with Crippen LogP contribution in [0.5, 0.6) is 0 Å². The fourth-order valence-electron chi connectivity index (χ4n) is 0.994. The van der Waals surface area contributed by atoms with Gasteiger partial charge < -0.3 is 0 Å². The Morgan fingerprint density at radius 1 is 1.23 bits per heavy atom. The minimum Gasteiger partial charge on any atom is -0.294 e. The molecule has 0 unspecified atom stereocenters. The van der Waals surface area contributed by atoms with E-state index in [1.807, 2.05) is 42.3 Å². The van der Waals surface area contributed by atoms with Crippen LogP contribution in [0.15, 0.2) is 30.3 Å². The third-order valence-electron chi connectivity index (χ3n) is 1.69. The first-order valence-corrected chi connectivity index (χ1v) is 4.24. The fourth-order valence-corrected chi connectivity index (χ4v) is 0.994. The number of rotatable bonds is 4. The van der Waals surface area contributed by atoms with E-state index in [9.17, 15) is 0 Å². The van der Waals surface area contributed by atoms with Crippen molar-refractivity contribution in [3.63, 3.8) is 0 Å². The van der Waals surface area contributed by atoms with Crippen molar-refractivity contribution < 1.29 is 0 Å². The highest BCUT2D eigenvalue weighted by Crippen LogP contribution is 2.02. The summed E-state index contributed by atoms with van der Waals surface area (Å²) in [5.41, 5.74) is 1.12. The number of hydrogen-bond donors (Lipinski definition) is 0. The molecule has 1 nitrogen and oxygen atoms in total. The molecule has 1 aromatic carbocycles. The maximum absolute atomic E-state index is 5.18. The van der Waals surface area contributed by atoms with Gasteiger partial charge in [-0.15, -0.1) is 6.42 Å². The molecule has 0 N–H and O–H groups in total. The highest BCUT2D eigenvalue weighted by molar-refractivity contribution is 5.22. The zero-order valence-electron chi connectivity index (χ0n) is 7.83. The molecule has 0 spiro atoms. The lowest BCUT2D eigenvalue weighted by atomic mass is 10.1. The van der Waals surface area contributed by atoms with Crippen molar-refractivity contribution in [2.45, 2.75) is 0 Å². The van der Waals surface area contributed by atoms with E-state index in [4.69, 9.17) is 6.42 Å². The van der Waals surface area contributed by atoms with E-state index in [1.165, 1.54) is 0 Å². The molecule has 0 amide bonds. The van der Waals surface area contributed by atoms with Gasteiger partial charge in [-0.3, -0.25) is 4.90 Å². The fraction of sp³-hybridized carbons (Fsp3) is 0.250. The summed E-state index contributed by atoms with van der Waals surface area (Å²) in [5.74, 6) is 2.59. The van der Waals surface area contributed by atoms with Gasteiger partial charge in [0.1, 0.15) is 0 Å². The van der Waals surface area contributed by atoms with Gasteiger partial charge in [0.2, 0.25) is 0 Å². The minimum atomic E-state index is 0.667. The highest BCUT2D eigenvalue weighted by atomic mass is 15.1. The summed E-state index contributed by atoms with van der Waals surface area (Å²) in [4.78, 5) is 2.03. The van der Waals surface area contributed by atoms with Crippen LogP contribution in [-0.4, -0.2) is 25.0 Å². The molecule has 1 heteroatoms. The lowest BCUT2D eigenvalue weighted by molar-refractivity contribution is 0.409. The molecule has 0 heterocycles. The summed E-state index contributed by atoms with van der Waals surface area (Å²) in [7, 11) is 1.98. The second-order valence-corrected chi connectivity index (χ2v) is 2.92. The van der Waals surface area contributed by atoms with Crippen LogP contribution >= 0.6 is 0 Å². The van der Waals surface area contributed by atoms with E-state index >= 15 is 0 Å². The lowest BCUT2D eigenvalue weighted by Gasteiger charge is -2.11. The van der Waals surface area contributed by atoms with E-state index in [0.717, 1.165) is 12.1 Å². The molecule has 0 atom stereocenters. The Balaban J connectivity index is 2.32. The van der Waals surface area contributed by atoms with Crippen molar-refractivity contribution in [1.29, 1.82) is 0 Å². The average molecular weight is 171 g/mol. The Morgan fingerprint density at radius 3 is 2.54 bits per heavy atom. The SMILES string of the molecule is C#CCN(C)C[C]c1ccccc1. The van der Waals surface area contributed by atoms with Gasteiger partial charge >= 0.3 is 0 Å². The Hall–Kier alpha value is -1.26. The lowest BCUT2D eigenvalue weighted by Crippen LogP contribution is -2.20. The van der Waals surface area contributed by atoms with E-state index in [1.54, 1.807) is 0 Å². The van der Waals surface area contributed by atoms with E-state index in [0.29, 0.717) is 6.54 Å². The molecule has 0 aliphatic heterocycles. The van der Waals surface area contributed by atoms with Crippen LogP contribution < -0.4 is 0 Å². The van der Waals surface area contributed by atoms with Crippen LogP contribution in [0, 0.1) is 18.8 Å². The van der Waals surface area contributed by atoms with Gasteiger partial charge in [-0.05, 0) is 12.6 Å². The quantitative estimate of drug-likeness (QED) is 0.623. The number of benzene rings is 1. The molecule has 66 valence electrons. The van der Waals surface area contributed by atoms with Crippen molar-refractivity contribution in [1.82, 2.24) is 4.90 Å². The Labute approximate surface area is 80.4 Å². The second-order valence-electron chi connectivity index (χ2n) is 2.92. The number of hydrogen-bond acceptors (Lipinski definition) is 1. The van der Waals surface area contributed by atoms with Gasteiger partial charge in [0, 0.05) is 13.0 Å². The van der Waals surface area contributed by atoms with Crippen molar-refractivity contribution >= 4 is 0 Å². The molecule has 1 rings (SSSR count). The maximum atomic E-state index is 5.18. The monoisotopic (exact) mass is 171 g/mol. The van der Waals surface area contributed by atoms with Crippen LogP contribution in [0.1, 0.15) is 5.56 Å². The zero-order chi connectivity index (χ0) is 9.52. The molecular formula is C12H13N. The van der Waals surface area contributed by atoms with Gasteiger partial charge in [-0.2, -0.15) is 0 Å². The van der Waals surface area contributed by atoms with Crippen LogP contribution in [-0.2, 0) is 0 Å². The van der Waals surface area contributed by atoms with Crippen molar-refractivity contribution in [3.05, 3.63) is 42.3 Å². The smallest absolute Gasteiger partial charge is 0.0596 e. The number of likely N-dealkylation sites (N-methyl/N-ethyl adjacent to an activating group) is 1. The van der Waals surface area contributed by atoms with Gasteiger partial charge in [0.05, 0.1) is 6.54 Å². The Bertz CT molecular complexity index is 271. The summed E-state index contributed by atoms with van der Waals surface area (Å²) in [6.07, 6.45) is 8.44. The van der Waals surface area contributed by atoms with E-state index in [-0.39, 0.29) is 0 Å². The summed E-state index contributed by atoms with van der Waals surface area (Å²) in [6.45, 7) is 1.44. The normalized spacial score (nSPS) is 9.92. The van der Waals surface area contributed by atoms with Gasteiger partial charge in [-0.25, -0.2) is 0 Å². The van der Waals surface area contributed by atoms with Crippen molar-refractivity contribution in [2.24, 2.45) is 0 Å². The topological polar surface area (TPSA) is 3.24 Å². The molecule has 0 saturated carbocycles.